The van der Waals surface area contributed by atoms with Crippen LogP contribution in [0.25, 0.3) is 0 Å². The maximum absolute atomic E-state index is 11.2. The Hall–Kier alpha value is -1.36. The molecule has 2 aromatic carbocycles. The van der Waals surface area contributed by atoms with Crippen molar-refractivity contribution in [2.24, 2.45) is 0 Å². The van der Waals surface area contributed by atoms with Gasteiger partial charge in [-0.2, -0.15) is 12.6 Å². The van der Waals surface area contributed by atoms with Crippen molar-refractivity contribution in [2.45, 2.75) is 32.1 Å². The van der Waals surface area contributed by atoms with Gasteiger partial charge in [0.05, 0.1) is 16.7 Å². The number of hydrogen-bond acceptors (Lipinski definition) is 3. The van der Waals surface area contributed by atoms with Crippen LogP contribution in [0.3, 0.4) is 0 Å². The van der Waals surface area contributed by atoms with Crippen LogP contribution in [0.1, 0.15) is 31.2 Å². The van der Waals surface area contributed by atoms with Gasteiger partial charge in [-0.3, -0.25) is 4.79 Å². The summed E-state index contributed by atoms with van der Waals surface area (Å²) in [5.74, 6) is 1.94. The maximum atomic E-state index is 11.2. The third-order valence-electron chi connectivity index (χ3n) is 3.87. The van der Waals surface area contributed by atoms with Gasteiger partial charge in [0, 0.05) is 12.1 Å². The van der Waals surface area contributed by atoms with Crippen LogP contribution in [0.4, 0.5) is 5.69 Å². The number of rotatable bonds is 6. The van der Waals surface area contributed by atoms with E-state index < -0.39 is 0 Å². The number of hydrogen-bond donors (Lipinski definition) is 2. The average molecular weight is 412 g/mol. The predicted molar refractivity (Wildman–Crippen MR) is 113 cm³/mol. The molecule has 1 aliphatic rings. The molecule has 0 aromatic heterocycles. The molecular weight excluding hydrogens is 389 g/mol. The van der Waals surface area contributed by atoms with Gasteiger partial charge in [0.15, 0.2) is 0 Å². The first-order chi connectivity index (χ1) is 12.6. The van der Waals surface area contributed by atoms with E-state index in [2.05, 4.69) is 17.9 Å². The number of nitrogens with one attached hydrogen (secondary N) is 1. The van der Waals surface area contributed by atoms with E-state index in [0.717, 1.165) is 49.5 Å². The topological polar surface area (TPSA) is 38.3 Å². The van der Waals surface area contributed by atoms with Gasteiger partial charge in [0.2, 0.25) is 5.91 Å². The average Bonchev–Trinajstić information content (AvgIpc) is 2.64. The number of halogens is 2. The Morgan fingerprint density at radius 3 is 2.38 bits per heavy atom. The fourth-order valence-electron chi connectivity index (χ4n) is 2.47. The summed E-state index contributed by atoms with van der Waals surface area (Å²) in [6, 6.07) is 13.1. The van der Waals surface area contributed by atoms with Gasteiger partial charge in [0.25, 0.3) is 0 Å². The Balaban J connectivity index is 0.000000254. The van der Waals surface area contributed by atoms with Gasteiger partial charge in [0.1, 0.15) is 5.75 Å². The molecule has 0 saturated carbocycles. The number of aryl methyl sites for hydroxylation is 1. The molecule has 1 heterocycles. The second kappa shape index (κ2) is 11.4. The molecule has 26 heavy (non-hydrogen) atoms. The van der Waals surface area contributed by atoms with Crippen LogP contribution in [0, 0.1) is 0 Å². The highest BCUT2D eigenvalue weighted by molar-refractivity contribution is 7.80. The van der Waals surface area contributed by atoms with Crippen LogP contribution < -0.4 is 10.1 Å². The minimum Gasteiger partial charge on any atom is -0.494 e. The van der Waals surface area contributed by atoms with Crippen LogP contribution in [-0.4, -0.2) is 18.3 Å². The molecule has 0 fully saturated rings. The third kappa shape index (κ3) is 7.10. The predicted octanol–water partition coefficient (Wildman–Crippen LogP) is 6.04. The number of unbranched alkanes of at least 4 members (excludes halogenated alkanes) is 2. The van der Waals surface area contributed by atoms with Crippen LogP contribution in [0.15, 0.2) is 42.5 Å². The number of benzene rings is 2. The lowest BCUT2D eigenvalue weighted by Crippen LogP contribution is -2.18. The number of thiol groups is 1. The van der Waals surface area contributed by atoms with Gasteiger partial charge < -0.3 is 10.1 Å². The van der Waals surface area contributed by atoms with E-state index >= 15 is 0 Å². The van der Waals surface area contributed by atoms with Crippen LogP contribution in [0.5, 0.6) is 5.75 Å². The first kappa shape index (κ1) is 20.9. The molecule has 140 valence electrons. The van der Waals surface area contributed by atoms with Crippen molar-refractivity contribution in [3.05, 3.63) is 58.1 Å². The minimum absolute atomic E-state index is 0.0999. The monoisotopic (exact) mass is 411 g/mol. The largest absolute Gasteiger partial charge is 0.494 e. The molecule has 3 nitrogen and oxygen atoms in total. The summed E-state index contributed by atoms with van der Waals surface area (Å²) in [4.78, 5) is 11.2. The lowest BCUT2D eigenvalue weighted by Gasteiger charge is -2.17. The Kier molecular flexibility index (Phi) is 9.16. The molecule has 3 rings (SSSR count). The summed E-state index contributed by atoms with van der Waals surface area (Å²) in [6.07, 6.45) is 4.73. The van der Waals surface area contributed by atoms with Gasteiger partial charge >= 0.3 is 0 Å². The summed E-state index contributed by atoms with van der Waals surface area (Å²) in [7, 11) is 0. The Bertz CT molecular complexity index is 704. The number of ether oxygens (including phenoxy) is 1. The van der Waals surface area contributed by atoms with Crippen molar-refractivity contribution >= 4 is 47.4 Å². The first-order valence-electron chi connectivity index (χ1n) is 8.66. The highest BCUT2D eigenvalue weighted by Crippen LogP contribution is 2.26. The summed E-state index contributed by atoms with van der Waals surface area (Å²) in [5.41, 5.74) is 2.09. The van der Waals surface area contributed by atoms with E-state index in [4.69, 9.17) is 27.9 Å². The lowest BCUT2D eigenvalue weighted by atomic mass is 10.0. The van der Waals surface area contributed by atoms with Crippen LogP contribution in [0.2, 0.25) is 10.0 Å². The van der Waals surface area contributed by atoms with E-state index in [1.807, 2.05) is 30.3 Å². The zero-order valence-electron chi connectivity index (χ0n) is 14.5. The van der Waals surface area contributed by atoms with Crippen molar-refractivity contribution < 1.29 is 9.53 Å². The molecule has 0 atom stereocenters. The molecule has 1 aliphatic heterocycles. The molecular formula is C20H23Cl2NO2S. The zero-order valence-corrected chi connectivity index (χ0v) is 16.9. The van der Waals surface area contributed by atoms with Crippen LogP contribution in [-0.2, 0) is 11.2 Å². The first-order valence-corrected chi connectivity index (χ1v) is 10.1. The fraction of sp³-hybridized carbons (Fsp3) is 0.350. The van der Waals surface area contributed by atoms with Crippen molar-refractivity contribution in [1.82, 2.24) is 0 Å². The Morgan fingerprint density at radius 2 is 1.73 bits per heavy atom. The number of amides is 1. The van der Waals surface area contributed by atoms with Crippen molar-refractivity contribution in [2.75, 3.05) is 17.7 Å². The Morgan fingerprint density at radius 1 is 1.00 bits per heavy atom. The van der Waals surface area contributed by atoms with Crippen molar-refractivity contribution in [3.8, 4) is 5.75 Å². The van der Waals surface area contributed by atoms with E-state index in [0.29, 0.717) is 16.5 Å². The zero-order chi connectivity index (χ0) is 18.8. The second-order valence-corrected chi connectivity index (χ2v) is 7.18. The molecule has 1 N–H and O–H groups in total. The summed E-state index contributed by atoms with van der Waals surface area (Å²) in [5, 5.41) is 4.08. The molecule has 0 bridgehead atoms. The van der Waals surface area contributed by atoms with Crippen LogP contribution >= 0.6 is 35.8 Å². The number of carbonyl (C=O) groups excluding carboxylic acids is 1. The molecule has 0 radical (unpaired) electrons. The molecule has 2 aromatic rings. The van der Waals surface area contributed by atoms with Crippen molar-refractivity contribution in [3.63, 3.8) is 0 Å². The highest BCUT2D eigenvalue weighted by atomic mass is 35.5. The SMILES string of the molecule is Clc1ccccc1Cl.O=C1CCc2cc(OCCCCCS)ccc2N1. The molecule has 0 spiro atoms. The van der Waals surface area contributed by atoms with Gasteiger partial charge in [-0.25, -0.2) is 0 Å². The number of anilines is 1. The summed E-state index contributed by atoms with van der Waals surface area (Å²) >= 11 is 15.3. The standard InChI is InChI=1S/C14H19NO2S.C6H4Cl2/c16-14-7-4-11-10-12(5-6-13(11)15-14)17-8-2-1-3-9-18;7-5-3-1-2-4-6(5)8/h5-6,10,18H,1-4,7-9H2,(H,15,16);1-4H. The van der Waals surface area contributed by atoms with Gasteiger partial charge in [-0.15, -0.1) is 0 Å². The van der Waals surface area contributed by atoms with Gasteiger partial charge in [-0.1, -0.05) is 35.3 Å². The fourth-order valence-corrected chi connectivity index (χ4v) is 2.96. The maximum Gasteiger partial charge on any atom is 0.224 e. The second-order valence-electron chi connectivity index (χ2n) is 5.91. The number of carbonyl (C=O) groups is 1. The molecule has 1 amide bonds. The molecule has 0 unspecified atom stereocenters. The highest BCUT2D eigenvalue weighted by Gasteiger charge is 2.14. The molecule has 6 heteroatoms. The number of fused-ring (bicyclic) bond motifs is 1. The Labute approximate surface area is 170 Å². The van der Waals surface area contributed by atoms with E-state index in [-0.39, 0.29) is 5.91 Å². The quantitative estimate of drug-likeness (QED) is 0.448. The van der Waals surface area contributed by atoms with E-state index in [1.54, 1.807) is 12.1 Å². The van der Waals surface area contributed by atoms with Crippen molar-refractivity contribution in [1.29, 1.82) is 0 Å². The molecule has 0 aliphatic carbocycles. The minimum atomic E-state index is 0.0999. The molecule has 0 saturated heterocycles. The van der Waals surface area contributed by atoms with Gasteiger partial charge in [-0.05, 0) is 67.3 Å². The van der Waals surface area contributed by atoms with E-state index in [1.165, 1.54) is 5.56 Å². The lowest BCUT2D eigenvalue weighted by molar-refractivity contribution is -0.116. The normalized spacial score (nSPS) is 12.5. The van der Waals surface area contributed by atoms with E-state index in [9.17, 15) is 4.79 Å². The summed E-state index contributed by atoms with van der Waals surface area (Å²) in [6.45, 7) is 0.749. The summed E-state index contributed by atoms with van der Waals surface area (Å²) < 4.78 is 5.71. The third-order valence-corrected chi connectivity index (χ3v) is 4.94. The smallest absolute Gasteiger partial charge is 0.224 e.